The lowest BCUT2D eigenvalue weighted by atomic mass is 9.81. The van der Waals surface area contributed by atoms with E-state index < -0.39 is 0 Å². The van der Waals surface area contributed by atoms with Crippen molar-refractivity contribution in [2.45, 2.75) is 19.3 Å². The first-order valence-electron chi connectivity index (χ1n) is 21.7. The molecule has 0 fully saturated rings. The molecule has 0 spiro atoms. The largest absolute Gasteiger partial charge is 0.310 e. The molecule has 0 saturated carbocycles. The Morgan fingerprint density at radius 3 is 1.37 bits per heavy atom. The predicted octanol–water partition coefficient (Wildman–Crippen LogP) is 17.2. The van der Waals surface area contributed by atoms with Gasteiger partial charge in [-0.3, -0.25) is 0 Å². The molecule has 290 valence electrons. The van der Waals surface area contributed by atoms with Gasteiger partial charge in [0.05, 0.1) is 0 Å². The van der Waals surface area contributed by atoms with E-state index in [1.165, 1.54) is 109 Å². The maximum atomic E-state index is 2.46. The van der Waals surface area contributed by atoms with Crippen LogP contribution < -0.4 is 4.90 Å². The lowest BCUT2D eigenvalue weighted by Gasteiger charge is -2.27. The summed E-state index contributed by atoms with van der Waals surface area (Å²) < 4.78 is 0. The summed E-state index contributed by atoms with van der Waals surface area (Å²) in [6.45, 7) is 4.71. The minimum Gasteiger partial charge on any atom is -0.310 e. The van der Waals surface area contributed by atoms with E-state index in [1.54, 1.807) is 0 Å². The fourth-order valence-corrected chi connectivity index (χ4v) is 11.0. The fraction of sp³-hybridized carbons (Fsp3) is 0.0492. The first kappa shape index (κ1) is 35.1. The first-order chi connectivity index (χ1) is 30.5. The molecule has 12 aromatic rings. The molecule has 62 heavy (non-hydrogen) atoms. The Morgan fingerprint density at radius 2 is 0.758 bits per heavy atom. The van der Waals surface area contributed by atoms with E-state index in [0.29, 0.717) is 0 Å². The number of benzene rings is 11. The third-order valence-electron chi connectivity index (χ3n) is 13.9. The van der Waals surface area contributed by atoms with Crippen LogP contribution >= 0.6 is 0 Å². The van der Waals surface area contributed by atoms with Crippen LogP contribution in [-0.2, 0) is 5.41 Å². The normalized spacial score (nSPS) is 13.1. The van der Waals surface area contributed by atoms with Crippen LogP contribution in [0.2, 0.25) is 0 Å². The highest BCUT2D eigenvalue weighted by molar-refractivity contribution is 6.37. The summed E-state index contributed by atoms with van der Waals surface area (Å²) in [5.74, 6) is 0. The van der Waals surface area contributed by atoms with Crippen molar-refractivity contribution in [3.63, 3.8) is 0 Å². The molecule has 1 aliphatic carbocycles. The van der Waals surface area contributed by atoms with Crippen LogP contribution in [0.25, 0.3) is 98.0 Å². The zero-order valence-electron chi connectivity index (χ0n) is 34.7. The highest BCUT2D eigenvalue weighted by atomic mass is 15.1. The Balaban J connectivity index is 1.04. The molecule has 0 bridgehead atoms. The van der Waals surface area contributed by atoms with Crippen LogP contribution in [0.5, 0.6) is 0 Å². The van der Waals surface area contributed by atoms with Gasteiger partial charge in [0.2, 0.25) is 0 Å². The van der Waals surface area contributed by atoms with E-state index in [0.717, 1.165) is 17.1 Å². The molecule has 0 saturated heterocycles. The van der Waals surface area contributed by atoms with Crippen LogP contribution in [0.4, 0.5) is 17.1 Å². The van der Waals surface area contributed by atoms with Gasteiger partial charge in [-0.2, -0.15) is 0 Å². The summed E-state index contributed by atoms with van der Waals surface area (Å²) in [6.07, 6.45) is 0. The van der Waals surface area contributed by atoms with Crippen LogP contribution in [-0.4, -0.2) is 0 Å². The van der Waals surface area contributed by atoms with Crippen molar-refractivity contribution in [2.75, 3.05) is 4.90 Å². The van der Waals surface area contributed by atoms with Crippen molar-refractivity contribution in [2.24, 2.45) is 0 Å². The minimum atomic E-state index is -0.0527. The highest BCUT2D eigenvalue weighted by Gasteiger charge is 2.35. The standard InChI is InChI=1S/C61H41N/c1-61(2)55-20-7-6-16-49(55)50-34-29-44(36-56(50)61)40-27-32-47(33-28-40)62(46-30-25-39(26-31-46)38-11-4-3-5-12-38)48-35-45-24-23-43-14-9-18-52-51-17-8-13-41-21-22-42-15-10-19-53(59(42)57(41)51)54(37-48)60(45)58(43)52/h3-37H,1-2H3. The molecule has 0 aromatic heterocycles. The van der Waals surface area contributed by atoms with E-state index in [-0.39, 0.29) is 5.41 Å². The van der Waals surface area contributed by atoms with Crippen LogP contribution in [0.1, 0.15) is 25.0 Å². The van der Waals surface area contributed by atoms with E-state index in [4.69, 9.17) is 0 Å². The Kier molecular flexibility index (Phi) is 7.42. The summed E-state index contributed by atoms with van der Waals surface area (Å²) in [6, 6.07) is 79.4. The Hall–Kier alpha value is -7.74. The molecule has 12 aromatic carbocycles. The maximum Gasteiger partial charge on any atom is 0.0474 e. The molecule has 0 radical (unpaired) electrons. The average Bonchev–Trinajstić information content (AvgIpc) is 3.56. The van der Waals surface area contributed by atoms with Gasteiger partial charge < -0.3 is 4.90 Å². The first-order valence-corrected chi connectivity index (χ1v) is 21.7. The molecule has 0 unspecified atom stereocenters. The van der Waals surface area contributed by atoms with Crippen LogP contribution in [0, 0.1) is 0 Å². The second-order valence-corrected chi connectivity index (χ2v) is 17.7. The van der Waals surface area contributed by atoms with Gasteiger partial charge in [0.15, 0.2) is 0 Å². The third-order valence-corrected chi connectivity index (χ3v) is 13.9. The number of nitrogens with zero attached hydrogens (tertiary/aromatic N) is 1. The molecule has 1 heteroatoms. The van der Waals surface area contributed by atoms with Crippen LogP contribution in [0.3, 0.4) is 0 Å². The van der Waals surface area contributed by atoms with Gasteiger partial charge >= 0.3 is 0 Å². The van der Waals surface area contributed by atoms with Crippen molar-refractivity contribution in [3.05, 3.63) is 223 Å². The van der Waals surface area contributed by atoms with Gasteiger partial charge in [-0.05, 0) is 152 Å². The van der Waals surface area contributed by atoms with Gasteiger partial charge in [-0.15, -0.1) is 0 Å². The smallest absolute Gasteiger partial charge is 0.0474 e. The van der Waals surface area contributed by atoms with Gasteiger partial charge in [-0.1, -0.05) is 184 Å². The summed E-state index contributed by atoms with van der Waals surface area (Å²) in [4.78, 5) is 2.44. The topological polar surface area (TPSA) is 3.24 Å². The second kappa shape index (κ2) is 13.1. The van der Waals surface area contributed by atoms with Crippen LogP contribution in [0.15, 0.2) is 212 Å². The van der Waals surface area contributed by atoms with Crippen molar-refractivity contribution in [1.82, 2.24) is 0 Å². The van der Waals surface area contributed by atoms with E-state index in [2.05, 4.69) is 231 Å². The molecule has 13 rings (SSSR count). The lowest BCUT2D eigenvalue weighted by molar-refractivity contribution is 0.660. The van der Waals surface area contributed by atoms with Gasteiger partial charge in [0, 0.05) is 22.5 Å². The zero-order chi connectivity index (χ0) is 41.1. The molecule has 0 atom stereocenters. The SMILES string of the molecule is CC1(C)c2ccccc2-c2ccc(-c3ccc(N(c4ccc(-c5ccccc5)cc4)c4cc5ccc6cccc7c8cccc9ccc%10cccc(c(c4)c5c67)c%10c98)cc3)cc21. The lowest BCUT2D eigenvalue weighted by Crippen LogP contribution is -2.14. The number of hydrogen-bond donors (Lipinski definition) is 0. The zero-order valence-corrected chi connectivity index (χ0v) is 34.7. The molecule has 1 aliphatic rings. The third kappa shape index (κ3) is 5.09. The highest BCUT2D eigenvalue weighted by Crippen LogP contribution is 2.50. The molecule has 0 heterocycles. The number of anilines is 3. The van der Waals surface area contributed by atoms with Crippen molar-refractivity contribution in [3.8, 4) is 33.4 Å². The maximum absolute atomic E-state index is 2.46. The molecule has 0 amide bonds. The number of rotatable bonds is 5. The van der Waals surface area contributed by atoms with E-state index in [9.17, 15) is 0 Å². The summed E-state index contributed by atoms with van der Waals surface area (Å²) in [5, 5.41) is 15.4. The summed E-state index contributed by atoms with van der Waals surface area (Å²) in [7, 11) is 0. The number of hydrogen-bond acceptors (Lipinski definition) is 1. The molecule has 0 aliphatic heterocycles. The monoisotopic (exact) mass is 787 g/mol. The minimum absolute atomic E-state index is 0.0527. The van der Waals surface area contributed by atoms with Crippen molar-refractivity contribution in [1.29, 1.82) is 0 Å². The second-order valence-electron chi connectivity index (χ2n) is 17.7. The van der Waals surface area contributed by atoms with Crippen molar-refractivity contribution >= 4 is 81.7 Å². The molecule has 0 N–H and O–H groups in total. The molecular weight excluding hydrogens is 747 g/mol. The Morgan fingerprint density at radius 1 is 0.290 bits per heavy atom. The van der Waals surface area contributed by atoms with E-state index in [1.807, 2.05) is 0 Å². The molecular formula is C61H41N. The fourth-order valence-electron chi connectivity index (χ4n) is 11.0. The Labute approximate surface area is 361 Å². The average molecular weight is 788 g/mol. The van der Waals surface area contributed by atoms with E-state index >= 15 is 0 Å². The van der Waals surface area contributed by atoms with Crippen molar-refractivity contribution < 1.29 is 0 Å². The molecule has 1 nitrogen and oxygen atoms in total. The van der Waals surface area contributed by atoms with Gasteiger partial charge in [-0.25, -0.2) is 0 Å². The summed E-state index contributed by atoms with van der Waals surface area (Å²) in [5.41, 5.74) is 13.6. The van der Waals surface area contributed by atoms with Gasteiger partial charge in [0.1, 0.15) is 0 Å². The predicted molar refractivity (Wildman–Crippen MR) is 266 cm³/mol. The number of fused-ring (bicyclic) bond motifs is 5. The van der Waals surface area contributed by atoms with Gasteiger partial charge in [0.25, 0.3) is 0 Å². The summed E-state index contributed by atoms with van der Waals surface area (Å²) >= 11 is 0. The quantitative estimate of drug-likeness (QED) is 0.157. The Bertz CT molecular complexity index is 3740.